The van der Waals surface area contributed by atoms with Crippen LogP contribution in [-0.4, -0.2) is 48.6 Å². The van der Waals surface area contributed by atoms with Crippen LogP contribution in [0, 0.1) is 11.3 Å². The summed E-state index contributed by atoms with van der Waals surface area (Å²) >= 11 is 0. The Labute approximate surface area is 140 Å². The lowest BCUT2D eigenvalue weighted by Gasteiger charge is -2.27. The molecule has 4 heterocycles. The summed E-state index contributed by atoms with van der Waals surface area (Å²) < 4.78 is 10.9. The predicted molar refractivity (Wildman–Crippen MR) is 87.3 cm³/mol. The van der Waals surface area contributed by atoms with Gasteiger partial charge < -0.3 is 14.5 Å². The summed E-state index contributed by atoms with van der Waals surface area (Å²) in [4.78, 5) is 18.7. The third kappa shape index (κ3) is 2.95. The van der Waals surface area contributed by atoms with Gasteiger partial charge in [0, 0.05) is 55.5 Å². The third-order valence-corrected chi connectivity index (χ3v) is 5.10. The first kappa shape index (κ1) is 15.4. The normalized spacial score (nSPS) is 26.4. The zero-order valence-electron chi connectivity index (χ0n) is 13.5. The van der Waals surface area contributed by atoms with Gasteiger partial charge in [-0.15, -0.1) is 0 Å². The number of carbonyl (C=O) groups excluding carboxylic acids is 1. The van der Waals surface area contributed by atoms with Crippen LogP contribution < -0.4 is 5.32 Å². The van der Waals surface area contributed by atoms with Crippen molar-refractivity contribution < 1.29 is 13.9 Å². The fraction of sp³-hybridized carbons (Fsp3) is 0.444. The van der Waals surface area contributed by atoms with E-state index in [0.29, 0.717) is 24.6 Å². The maximum absolute atomic E-state index is 12.3. The molecule has 0 saturated carbocycles. The van der Waals surface area contributed by atoms with Crippen LogP contribution >= 0.6 is 0 Å². The monoisotopic (exact) mass is 327 g/mol. The highest BCUT2D eigenvalue weighted by Crippen LogP contribution is 2.41. The van der Waals surface area contributed by atoms with Gasteiger partial charge in [-0.2, -0.15) is 0 Å². The van der Waals surface area contributed by atoms with Crippen LogP contribution in [0.25, 0.3) is 0 Å². The van der Waals surface area contributed by atoms with E-state index in [9.17, 15) is 4.79 Å². The first-order valence-electron chi connectivity index (χ1n) is 8.25. The minimum Gasteiger partial charge on any atom is -0.472 e. The summed E-state index contributed by atoms with van der Waals surface area (Å²) in [6.45, 7) is 4.90. The van der Waals surface area contributed by atoms with Crippen molar-refractivity contribution in [3.05, 3.63) is 54.2 Å². The van der Waals surface area contributed by atoms with Crippen molar-refractivity contribution in [2.24, 2.45) is 11.3 Å². The number of ether oxygens (including phenoxy) is 1. The van der Waals surface area contributed by atoms with E-state index in [1.54, 1.807) is 37.1 Å². The molecule has 2 atom stereocenters. The summed E-state index contributed by atoms with van der Waals surface area (Å²) in [5.41, 5.74) is 1.78. The molecule has 2 fully saturated rings. The molecule has 126 valence electrons. The second kappa shape index (κ2) is 6.37. The number of nitrogens with zero attached hydrogens (tertiary/aromatic N) is 2. The number of hydrogen-bond donors (Lipinski definition) is 1. The fourth-order valence-corrected chi connectivity index (χ4v) is 3.81. The average Bonchev–Trinajstić information content (AvgIpc) is 3.30. The molecular weight excluding hydrogens is 306 g/mol. The van der Waals surface area contributed by atoms with Crippen LogP contribution in [-0.2, 0) is 11.3 Å². The molecule has 6 nitrogen and oxygen atoms in total. The first-order valence-corrected chi connectivity index (χ1v) is 8.25. The molecule has 0 aliphatic carbocycles. The Morgan fingerprint density at radius 1 is 1.46 bits per heavy atom. The molecule has 2 aliphatic heterocycles. The highest BCUT2D eigenvalue weighted by Gasteiger charge is 2.50. The molecule has 0 spiro atoms. The standard InChI is InChI=1S/C18H21N3O3/c22-17(15-2-1-4-19-6-15)20-11-18-12-21(7-14-3-5-23-9-14)8-16(18)10-24-13-18/h1-6,9,16H,7-8,10-13H2,(H,20,22)/t16-,18+/m1/s1. The highest BCUT2D eigenvalue weighted by molar-refractivity contribution is 5.93. The number of carbonyl (C=O) groups is 1. The molecule has 0 unspecified atom stereocenters. The van der Waals surface area contributed by atoms with Crippen molar-refractivity contribution in [1.82, 2.24) is 15.2 Å². The number of fused-ring (bicyclic) bond motifs is 1. The van der Waals surface area contributed by atoms with E-state index in [1.165, 1.54) is 5.56 Å². The molecule has 1 N–H and O–H groups in total. The summed E-state index contributed by atoms with van der Waals surface area (Å²) in [6, 6.07) is 5.56. The van der Waals surface area contributed by atoms with E-state index in [4.69, 9.17) is 9.15 Å². The Kier molecular flexibility index (Phi) is 4.08. The zero-order valence-corrected chi connectivity index (χ0v) is 13.5. The quantitative estimate of drug-likeness (QED) is 0.902. The van der Waals surface area contributed by atoms with Crippen LogP contribution in [0.15, 0.2) is 47.5 Å². The number of amides is 1. The van der Waals surface area contributed by atoms with Gasteiger partial charge in [-0.25, -0.2) is 0 Å². The number of hydrogen-bond acceptors (Lipinski definition) is 5. The Bertz CT molecular complexity index is 689. The van der Waals surface area contributed by atoms with E-state index in [2.05, 4.69) is 15.2 Å². The van der Waals surface area contributed by atoms with E-state index in [-0.39, 0.29) is 11.3 Å². The van der Waals surface area contributed by atoms with Gasteiger partial charge in [-0.3, -0.25) is 14.7 Å². The maximum atomic E-state index is 12.3. The lowest BCUT2D eigenvalue weighted by molar-refractivity contribution is 0.0904. The number of rotatable bonds is 5. The molecular formula is C18H21N3O3. The number of likely N-dealkylation sites (tertiary alicyclic amines) is 1. The van der Waals surface area contributed by atoms with Crippen LogP contribution in [0.5, 0.6) is 0 Å². The second-order valence-corrected chi connectivity index (χ2v) is 6.80. The smallest absolute Gasteiger partial charge is 0.252 e. The van der Waals surface area contributed by atoms with Crippen LogP contribution in [0.2, 0.25) is 0 Å². The summed E-state index contributed by atoms with van der Waals surface area (Å²) in [5.74, 6) is 0.384. The van der Waals surface area contributed by atoms with Crippen LogP contribution in [0.1, 0.15) is 15.9 Å². The molecule has 6 heteroatoms. The summed E-state index contributed by atoms with van der Waals surface area (Å²) in [5, 5.41) is 3.08. The molecule has 0 radical (unpaired) electrons. The van der Waals surface area contributed by atoms with Gasteiger partial charge in [0.25, 0.3) is 5.91 Å². The molecule has 1 amide bonds. The van der Waals surface area contributed by atoms with Gasteiger partial charge in [-0.1, -0.05) is 0 Å². The number of pyridine rings is 1. The van der Waals surface area contributed by atoms with Crippen molar-refractivity contribution in [2.75, 3.05) is 32.8 Å². The Balaban J connectivity index is 1.40. The second-order valence-electron chi connectivity index (χ2n) is 6.80. The van der Waals surface area contributed by atoms with Gasteiger partial charge in [0.05, 0.1) is 31.3 Å². The molecule has 24 heavy (non-hydrogen) atoms. The van der Waals surface area contributed by atoms with Crippen molar-refractivity contribution in [2.45, 2.75) is 6.54 Å². The van der Waals surface area contributed by atoms with E-state index in [1.807, 2.05) is 6.07 Å². The molecule has 2 aliphatic rings. The van der Waals surface area contributed by atoms with Crippen molar-refractivity contribution in [3.63, 3.8) is 0 Å². The largest absolute Gasteiger partial charge is 0.472 e. The first-order chi connectivity index (χ1) is 11.8. The third-order valence-electron chi connectivity index (χ3n) is 5.10. The number of furan rings is 1. The zero-order chi connectivity index (χ0) is 16.4. The van der Waals surface area contributed by atoms with Gasteiger partial charge in [0.1, 0.15) is 0 Å². The van der Waals surface area contributed by atoms with Gasteiger partial charge >= 0.3 is 0 Å². The van der Waals surface area contributed by atoms with Gasteiger partial charge in [0.2, 0.25) is 0 Å². The van der Waals surface area contributed by atoms with E-state index >= 15 is 0 Å². The lowest BCUT2D eigenvalue weighted by Crippen LogP contribution is -2.43. The predicted octanol–water partition coefficient (Wildman–Crippen LogP) is 1.55. The van der Waals surface area contributed by atoms with E-state index in [0.717, 1.165) is 26.2 Å². The Morgan fingerprint density at radius 2 is 2.42 bits per heavy atom. The fourth-order valence-electron chi connectivity index (χ4n) is 3.81. The Hall–Kier alpha value is -2.18. The van der Waals surface area contributed by atoms with E-state index < -0.39 is 0 Å². The lowest BCUT2D eigenvalue weighted by atomic mass is 9.81. The average molecular weight is 327 g/mol. The molecule has 0 aromatic carbocycles. The van der Waals surface area contributed by atoms with Crippen LogP contribution in [0.3, 0.4) is 0 Å². The van der Waals surface area contributed by atoms with Gasteiger partial charge in [-0.05, 0) is 18.2 Å². The molecule has 2 aromatic rings. The minimum absolute atomic E-state index is 0.00159. The molecule has 4 rings (SSSR count). The minimum atomic E-state index is -0.0728. The van der Waals surface area contributed by atoms with Crippen LogP contribution in [0.4, 0.5) is 0 Å². The van der Waals surface area contributed by atoms with Crippen molar-refractivity contribution in [1.29, 1.82) is 0 Å². The maximum Gasteiger partial charge on any atom is 0.252 e. The topological polar surface area (TPSA) is 67.6 Å². The Morgan fingerprint density at radius 3 is 3.21 bits per heavy atom. The molecule has 2 saturated heterocycles. The van der Waals surface area contributed by atoms with Crippen molar-refractivity contribution in [3.8, 4) is 0 Å². The SMILES string of the molecule is O=C(NC[C@]12COC[C@H]1CN(Cc1ccoc1)C2)c1cccnc1. The number of aromatic nitrogens is 1. The molecule has 2 aromatic heterocycles. The highest BCUT2D eigenvalue weighted by atomic mass is 16.5. The van der Waals surface area contributed by atoms with Crippen molar-refractivity contribution >= 4 is 5.91 Å². The number of nitrogens with one attached hydrogen (secondary N) is 1. The summed E-state index contributed by atoms with van der Waals surface area (Å²) in [6.07, 6.45) is 6.76. The van der Waals surface area contributed by atoms with Gasteiger partial charge in [0.15, 0.2) is 0 Å². The summed E-state index contributed by atoms with van der Waals surface area (Å²) in [7, 11) is 0. The molecule has 0 bridgehead atoms.